The highest BCUT2D eigenvalue weighted by molar-refractivity contribution is 5.62. The van der Waals surface area contributed by atoms with Crippen LogP contribution in [0, 0.1) is 6.92 Å². The van der Waals surface area contributed by atoms with E-state index in [9.17, 15) is 0 Å². The molecule has 0 aliphatic heterocycles. The molecule has 7 nitrogen and oxygen atoms in total. The van der Waals surface area contributed by atoms with E-state index in [1.54, 1.807) is 10.9 Å². The van der Waals surface area contributed by atoms with Gasteiger partial charge < -0.3 is 9.84 Å². The van der Waals surface area contributed by atoms with Gasteiger partial charge in [-0.05, 0) is 31.5 Å². The number of pyridine rings is 1. The maximum absolute atomic E-state index is 5.42. The summed E-state index contributed by atoms with van der Waals surface area (Å²) in [4.78, 5) is 8.96. The Morgan fingerprint density at radius 3 is 2.67 bits per heavy atom. The Labute approximate surface area is 157 Å². The van der Waals surface area contributed by atoms with Gasteiger partial charge in [0.25, 0.3) is 5.89 Å². The average molecular weight is 360 g/mol. The summed E-state index contributed by atoms with van der Waals surface area (Å²) in [6.07, 6.45) is 5.56. The molecule has 0 saturated carbocycles. The molecule has 0 aliphatic rings. The smallest absolute Gasteiger partial charge is 0.259 e. The zero-order valence-corrected chi connectivity index (χ0v) is 15.4. The summed E-state index contributed by atoms with van der Waals surface area (Å²) in [5, 5.41) is 11.7. The number of nitrogens with zero attached hydrogens (tertiary/aromatic N) is 5. The molecular weight excluding hydrogens is 340 g/mol. The van der Waals surface area contributed by atoms with E-state index in [-0.39, 0.29) is 6.04 Å². The van der Waals surface area contributed by atoms with E-state index < -0.39 is 0 Å². The van der Waals surface area contributed by atoms with Crippen molar-refractivity contribution in [3.05, 3.63) is 66.1 Å². The summed E-state index contributed by atoms with van der Waals surface area (Å²) in [5.41, 5.74) is 3.95. The van der Waals surface area contributed by atoms with E-state index in [1.807, 2.05) is 62.8 Å². The predicted octanol–water partition coefficient (Wildman–Crippen LogP) is 4.01. The molecule has 0 unspecified atom stereocenters. The molecular formula is C20H20N6O. The molecule has 4 aromatic rings. The first-order valence-corrected chi connectivity index (χ1v) is 8.71. The van der Waals surface area contributed by atoms with Crippen LogP contribution in [0.1, 0.15) is 24.1 Å². The lowest BCUT2D eigenvalue weighted by molar-refractivity contribution is 0.432. The van der Waals surface area contributed by atoms with Crippen molar-refractivity contribution in [2.75, 3.05) is 5.32 Å². The van der Waals surface area contributed by atoms with Gasteiger partial charge in [0.2, 0.25) is 5.82 Å². The Bertz CT molecular complexity index is 1050. The molecule has 0 saturated heterocycles. The highest BCUT2D eigenvalue weighted by Gasteiger charge is 2.13. The van der Waals surface area contributed by atoms with Crippen molar-refractivity contribution >= 4 is 5.82 Å². The van der Waals surface area contributed by atoms with Crippen LogP contribution in [0.5, 0.6) is 0 Å². The lowest BCUT2D eigenvalue weighted by atomic mass is 10.1. The van der Waals surface area contributed by atoms with Gasteiger partial charge >= 0.3 is 0 Å². The van der Waals surface area contributed by atoms with E-state index in [0.717, 1.165) is 28.1 Å². The van der Waals surface area contributed by atoms with E-state index in [4.69, 9.17) is 4.52 Å². The van der Waals surface area contributed by atoms with Crippen LogP contribution >= 0.6 is 0 Å². The molecule has 0 radical (unpaired) electrons. The van der Waals surface area contributed by atoms with Crippen LogP contribution in [0.25, 0.3) is 22.8 Å². The number of anilines is 1. The van der Waals surface area contributed by atoms with Crippen LogP contribution in [-0.2, 0) is 7.05 Å². The Balaban J connectivity index is 1.50. The van der Waals surface area contributed by atoms with Crippen molar-refractivity contribution < 1.29 is 4.52 Å². The fraction of sp³-hybridized carbons (Fsp3) is 0.200. The van der Waals surface area contributed by atoms with E-state index in [2.05, 4.69) is 32.5 Å². The van der Waals surface area contributed by atoms with Gasteiger partial charge in [0, 0.05) is 30.6 Å². The second-order valence-corrected chi connectivity index (χ2v) is 6.48. The minimum Gasteiger partial charge on any atom is -0.363 e. The highest BCUT2D eigenvalue weighted by Crippen LogP contribution is 2.25. The Morgan fingerprint density at radius 2 is 1.96 bits per heavy atom. The third-order valence-electron chi connectivity index (χ3n) is 4.41. The number of aromatic nitrogens is 5. The number of nitrogens with one attached hydrogen (secondary N) is 1. The summed E-state index contributed by atoms with van der Waals surface area (Å²) in [7, 11) is 1.90. The lowest BCUT2D eigenvalue weighted by Gasteiger charge is -2.12. The fourth-order valence-electron chi connectivity index (χ4n) is 2.85. The molecule has 3 heterocycles. The van der Waals surface area contributed by atoms with Crippen molar-refractivity contribution in [2.45, 2.75) is 19.9 Å². The van der Waals surface area contributed by atoms with Crippen molar-refractivity contribution in [2.24, 2.45) is 7.05 Å². The number of hydrogen-bond donors (Lipinski definition) is 1. The normalized spacial score (nSPS) is 12.1. The van der Waals surface area contributed by atoms with Gasteiger partial charge in [0.1, 0.15) is 5.82 Å². The SMILES string of the molecule is Cc1ccccc1-c1noc(-c2ccc(N[C@@H](C)c3cnn(C)c3)nc2)n1. The quantitative estimate of drug-likeness (QED) is 0.579. The second kappa shape index (κ2) is 7.03. The van der Waals surface area contributed by atoms with Crippen LogP contribution in [-0.4, -0.2) is 24.9 Å². The van der Waals surface area contributed by atoms with Gasteiger partial charge in [0.15, 0.2) is 0 Å². The van der Waals surface area contributed by atoms with Crippen molar-refractivity contribution in [3.63, 3.8) is 0 Å². The molecule has 4 rings (SSSR count). The van der Waals surface area contributed by atoms with Crippen LogP contribution in [0.4, 0.5) is 5.82 Å². The van der Waals surface area contributed by atoms with Gasteiger partial charge in [-0.3, -0.25) is 4.68 Å². The standard InChI is InChI=1S/C20H20N6O/c1-13-6-4-5-7-17(13)19-24-20(27-25-19)15-8-9-18(21-10-15)23-14(2)16-11-22-26(3)12-16/h4-12,14H,1-3H3,(H,21,23)/t14-/m0/s1. The van der Waals surface area contributed by atoms with E-state index in [0.29, 0.717) is 11.7 Å². The number of benzene rings is 1. The summed E-state index contributed by atoms with van der Waals surface area (Å²) in [6.45, 7) is 4.09. The molecule has 0 amide bonds. The van der Waals surface area contributed by atoms with E-state index in [1.165, 1.54) is 0 Å². The molecule has 1 N–H and O–H groups in total. The summed E-state index contributed by atoms with van der Waals surface area (Å²) < 4.78 is 7.20. The van der Waals surface area contributed by atoms with Crippen molar-refractivity contribution in [1.29, 1.82) is 0 Å². The second-order valence-electron chi connectivity index (χ2n) is 6.48. The maximum Gasteiger partial charge on any atom is 0.259 e. The van der Waals surface area contributed by atoms with Crippen LogP contribution < -0.4 is 5.32 Å². The summed E-state index contributed by atoms with van der Waals surface area (Å²) in [5.74, 6) is 1.80. The van der Waals surface area contributed by atoms with Gasteiger partial charge in [-0.2, -0.15) is 10.1 Å². The van der Waals surface area contributed by atoms with Gasteiger partial charge in [-0.1, -0.05) is 29.4 Å². The molecule has 1 aromatic carbocycles. The molecule has 0 spiro atoms. The zero-order valence-electron chi connectivity index (χ0n) is 15.4. The van der Waals surface area contributed by atoms with Gasteiger partial charge in [0.05, 0.1) is 17.8 Å². The minimum atomic E-state index is 0.105. The van der Waals surface area contributed by atoms with Crippen LogP contribution in [0.3, 0.4) is 0 Å². The van der Waals surface area contributed by atoms with E-state index >= 15 is 0 Å². The third-order valence-corrected chi connectivity index (χ3v) is 4.41. The molecule has 0 aliphatic carbocycles. The molecule has 0 fully saturated rings. The van der Waals surface area contributed by atoms with Crippen molar-refractivity contribution in [1.82, 2.24) is 24.9 Å². The lowest BCUT2D eigenvalue weighted by Crippen LogP contribution is -2.07. The topological polar surface area (TPSA) is 81.7 Å². The first kappa shape index (κ1) is 17.0. The minimum absolute atomic E-state index is 0.105. The fourth-order valence-corrected chi connectivity index (χ4v) is 2.85. The van der Waals surface area contributed by atoms with Gasteiger partial charge in [-0.25, -0.2) is 4.98 Å². The van der Waals surface area contributed by atoms with Crippen LogP contribution in [0.15, 0.2) is 59.5 Å². The summed E-state index contributed by atoms with van der Waals surface area (Å²) in [6, 6.07) is 11.9. The largest absolute Gasteiger partial charge is 0.363 e. The number of rotatable bonds is 5. The molecule has 27 heavy (non-hydrogen) atoms. The molecule has 0 bridgehead atoms. The Kier molecular flexibility index (Phi) is 4.42. The zero-order chi connectivity index (χ0) is 18.8. The molecule has 7 heteroatoms. The Hall–Kier alpha value is -3.48. The predicted molar refractivity (Wildman–Crippen MR) is 103 cm³/mol. The molecule has 3 aromatic heterocycles. The summed E-state index contributed by atoms with van der Waals surface area (Å²) >= 11 is 0. The third kappa shape index (κ3) is 3.57. The monoisotopic (exact) mass is 360 g/mol. The maximum atomic E-state index is 5.42. The average Bonchev–Trinajstić information content (AvgIpc) is 3.32. The molecule has 1 atom stereocenters. The number of aryl methyl sites for hydroxylation is 2. The highest BCUT2D eigenvalue weighted by atomic mass is 16.5. The van der Waals surface area contributed by atoms with Crippen molar-refractivity contribution in [3.8, 4) is 22.8 Å². The first-order valence-electron chi connectivity index (χ1n) is 8.71. The first-order chi connectivity index (χ1) is 13.1. The number of hydrogen-bond acceptors (Lipinski definition) is 6. The van der Waals surface area contributed by atoms with Crippen LogP contribution in [0.2, 0.25) is 0 Å². The van der Waals surface area contributed by atoms with Gasteiger partial charge in [-0.15, -0.1) is 0 Å². The Morgan fingerprint density at radius 1 is 1.11 bits per heavy atom. The molecule has 136 valence electrons.